The third kappa shape index (κ3) is 4.57. The molecular formula is C13H18N2O4. The van der Waals surface area contributed by atoms with E-state index in [1.165, 1.54) is 6.20 Å². The van der Waals surface area contributed by atoms with Crippen LogP contribution in [0.1, 0.15) is 37.0 Å². The Labute approximate surface area is 111 Å². The number of hydrogen-bond donors (Lipinski definition) is 2. The fourth-order valence-corrected chi connectivity index (χ4v) is 1.54. The number of ether oxygens (including phenoxy) is 1. The Morgan fingerprint density at radius 1 is 1.42 bits per heavy atom. The van der Waals surface area contributed by atoms with Gasteiger partial charge in [-0.3, -0.25) is 0 Å². The average molecular weight is 266 g/mol. The van der Waals surface area contributed by atoms with Gasteiger partial charge in [0, 0.05) is 6.20 Å². The first-order valence-corrected chi connectivity index (χ1v) is 6.21. The van der Waals surface area contributed by atoms with Crippen molar-refractivity contribution in [2.75, 3.05) is 11.9 Å². The highest BCUT2D eigenvalue weighted by molar-refractivity contribution is 5.89. The number of anilines is 1. The molecule has 6 heteroatoms. The van der Waals surface area contributed by atoms with Gasteiger partial charge in [-0.1, -0.05) is 13.3 Å². The molecule has 2 N–H and O–H groups in total. The number of carboxylic acid groups (broad SMARTS) is 1. The number of hydrogen-bond acceptors (Lipinski definition) is 5. The molecule has 0 radical (unpaired) electrons. The third-order valence-electron chi connectivity index (χ3n) is 2.47. The summed E-state index contributed by atoms with van der Waals surface area (Å²) < 4.78 is 4.83. The fourth-order valence-electron chi connectivity index (χ4n) is 1.54. The molecule has 0 aromatic carbocycles. The van der Waals surface area contributed by atoms with E-state index in [0.717, 1.165) is 6.42 Å². The molecule has 19 heavy (non-hydrogen) atoms. The molecule has 104 valence electrons. The molecule has 0 amide bonds. The molecule has 0 aliphatic heterocycles. The molecule has 1 heterocycles. The molecule has 1 aromatic heterocycles. The Bertz CT molecular complexity index is 431. The van der Waals surface area contributed by atoms with Gasteiger partial charge in [-0.2, -0.15) is 0 Å². The first-order chi connectivity index (χ1) is 9.08. The Balaban J connectivity index is 2.70. The van der Waals surface area contributed by atoms with Crippen LogP contribution >= 0.6 is 0 Å². The van der Waals surface area contributed by atoms with Crippen molar-refractivity contribution in [3.05, 3.63) is 23.9 Å². The number of nitrogens with one attached hydrogen (secondary N) is 1. The maximum absolute atomic E-state index is 11.4. The molecule has 0 fully saturated rings. The van der Waals surface area contributed by atoms with Gasteiger partial charge < -0.3 is 15.2 Å². The summed E-state index contributed by atoms with van der Waals surface area (Å²) in [7, 11) is 0. The van der Waals surface area contributed by atoms with Crippen LogP contribution in [0.15, 0.2) is 18.3 Å². The Morgan fingerprint density at radius 2 is 2.16 bits per heavy atom. The van der Waals surface area contributed by atoms with E-state index in [1.54, 1.807) is 19.1 Å². The van der Waals surface area contributed by atoms with Gasteiger partial charge in [-0.15, -0.1) is 0 Å². The molecule has 0 bridgehead atoms. The maximum atomic E-state index is 11.4. The van der Waals surface area contributed by atoms with Gasteiger partial charge in [0.1, 0.15) is 11.9 Å². The van der Waals surface area contributed by atoms with Gasteiger partial charge >= 0.3 is 11.9 Å². The minimum Gasteiger partial charge on any atom is -0.480 e. The van der Waals surface area contributed by atoms with Gasteiger partial charge in [0.2, 0.25) is 0 Å². The van der Waals surface area contributed by atoms with Gasteiger partial charge in [-0.25, -0.2) is 14.6 Å². The zero-order valence-corrected chi connectivity index (χ0v) is 11.0. The number of pyridine rings is 1. The van der Waals surface area contributed by atoms with E-state index in [0.29, 0.717) is 24.4 Å². The number of carbonyl (C=O) groups is 2. The van der Waals surface area contributed by atoms with Crippen molar-refractivity contribution in [2.45, 2.75) is 32.7 Å². The van der Waals surface area contributed by atoms with Crippen molar-refractivity contribution in [1.82, 2.24) is 4.98 Å². The molecule has 6 nitrogen and oxygen atoms in total. The van der Waals surface area contributed by atoms with Crippen LogP contribution in [0.4, 0.5) is 5.82 Å². The minimum atomic E-state index is -0.918. The van der Waals surface area contributed by atoms with Crippen molar-refractivity contribution < 1.29 is 19.4 Å². The van der Waals surface area contributed by atoms with Gasteiger partial charge in [-0.05, 0) is 25.5 Å². The van der Waals surface area contributed by atoms with Crippen LogP contribution < -0.4 is 5.32 Å². The first-order valence-electron chi connectivity index (χ1n) is 6.21. The second kappa shape index (κ2) is 7.35. The van der Waals surface area contributed by atoms with E-state index in [2.05, 4.69) is 10.3 Å². The smallest absolute Gasteiger partial charge is 0.339 e. The van der Waals surface area contributed by atoms with Crippen molar-refractivity contribution in [3.63, 3.8) is 0 Å². The number of aliphatic carboxylic acids is 1. The van der Waals surface area contributed by atoms with Crippen LogP contribution in [0, 0.1) is 0 Å². The van der Waals surface area contributed by atoms with Crippen molar-refractivity contribution in [3.8, 4) is 0 Å². The Kier molecular flexibility index (Phi) is 5.78. The average Bonchev–Trinajstić information content (AvgIpc) is 2.39. The fraction of sp³-hybridized carbons (Fsp3) is 0.462. The lowest BCUT2D eigenvalue weighted by Crippen LogP contribution is -2.29. The van der Waals surface area contributed by atoms with Crippen LogP contribution in [-0.4, -0.2) is 34.7 Å². The summed E-state index contributed by atoms with van der Waals surface area (Å²) in [5.74, 6) is -0.933. The molecular weight excluding hydrogens is 248 g/mol. The summed E-state index contributed by atoms with van der Waals surface area (Å²) in [6.07, 6.45) is 2.63. The molecule has 1 aromatic rings. The van der Waals surface area contributed by atoms with E-state index in [4.69, 9.17) is 9.84 Å². The second-order valence-corrected chi connectivity index (χ2v) is 3.98. The lowest BCUT2D eigenvalue weighted by Gasteiger charge is -2.14. The number of aromatic nitrogens is 1. The zero-order chi connectivity index (χ0) is 14.3. The summed E-state index contributed by atoms with van der Waals surface area (Å²) in [4.78, 5) is 26.4. The minimum absolute atomic E-state index is 0.302. The summed E-state index contributed by atoms with van der Waals surface area (Å²) in [6.45, 7) is 3.94. The van der Waals surface area contributed by atoms with Crippen LogP contribution in [0.5, 0.6) is 0 Å². The van der Waals surface area contributed by atoms with E-state index in [9.17, 15) is 9.59 Å². The van der Waals surface area contributed by atoms with Crippen molar-refractivity contribution >= 4 is 17.8 Å². The van der Waals surface area contributed by atoms with Crippen molar-refractivity contribution in [1.29, 1.82) is 0 Å². The molecule has 1 atom stereocenters. The third-order valence-corrected chi connectivity index (χ3v) is 2.47. The number of esters is 1. The Hall–Kier alpha value is -2.11. The highest BCUT2D eigenvalue weighted by Crippen LogP contribution is 2.10. The summed E-state index contributed by atoms with van der Waals surface area (Å²) in [6, 6.07) is 2.45. The van der Waals surface area contributed by atoms with Crippen LogP contribution in [0.3, 0.4) is 0 Å². The molecule has 0 spiro atoms. The molecule has 0 saturated heterocycles. The quantitative estimate of drug-likeness (QED) is 0.733. The molecule has 0 saturated carbocycles. The SMILES string of the molecule is CCCC(Nc1ccc(C(=O)OCC)cn1)C(=O)O. The summed E-state index contributed by atoms with van der Waals surface area (Å²) in [5, 5.41) is 11.8. The molecule has 0 aliphatic rings. The highest BCUT2D eigenvalue weighted by atomic mass is 16.5. The number of carbonyl (C=O) groups excluding carboxylic acids is 1. The lowest BCUT2D eigenvalue weighted by molar-refractivity contribution is -0.138. The van der Waals surface area contributed by atoms with Gasteiger partial charge in [0.05, 0.1) is 12.2 Å². The van der Waals surface area contributed by atoms with Gasteiger partial charge in [0.25, 0.3) is 0 Å². The predicted octanol–water partition coefficient (Wildman–Crippen LogP) is 1.92. The second-order valence-electron chi connectivity index (χ2n) is 3.98. The number of carboxylic acids is 1. The summed E-state index contributed by atoms with van der Waals surface area (Å²) in [5.41, 5.74) is 0.342. The molecule has 0 aliphatic carbocycles. The number of nitrogens with zero attached hydrogens (tertiary/aromatic N) is 1. The van der Waals surface area contributed by atoms with Crippen LogP contribution in [-0.2, 0) is 9.53 Å². The maximum Gasteiger partial charge on any atom is 0.339 e. The van der Waals surface area contributed by atoms with Crippen LogP contribution in [0.2, 0.25) is 0 Å². The molecule has 1 unspecified atom stereocenters. The molecule has 1 rings (SSSR count). The Morgan fingerprint density at radius 3 is 2.63 bits per heavy atom. The van der Waals surface area contributed by atoms with Crippen LogP contribution in [0.25, 0.3) is 0 Å². The zero-order valence-electron chi connectivity index (χ0n) is 11.0. The largest absolute Gasteiger partial charge is 0.480 e. The first kappa shape index (κ1) is 14.9. The van der Waals surface area contributed by atoms with E-state index >= 15 is 0 Å². The predicted molar refractivity (Wildman–Crippen MR) is 70.1 cm³/mol. The van der Waals surface area contributed by atoms with Gasteiger partial charge in [0.15, 0.2) is 0 Å². The van der Waals surface area contributed by atoms with Crippen molar-refractivity contribution in [2.24, 2.45) is 0 Å². The van der Waals surface area contributed by atoms with E-state index < -0.39 is 18.0 Å². The lowest BCUT2D eigenvalue weighted by atomic mass is 10.1. The summed E-state index contributed by atoms with van der Waals surface area (Å²) >= 11 is 0. The van der Waals surface area contributed by atoms with E-state index in [-0.39, 0.29) is 0 Å². The topological polar surface area (TPSA) is 88.5 Å². The van der Waals surface area contributed by atoms with E-state index in [1.807, 2.05) is 6.92 Å². The monoisotopic (exact) mass is 266 g/mol. The highest BCUT2D eigenvalue weighted by Gasteiger charge is 2.16. The normalized spacial score (nSPS) is 11.7. The number of rotatable bonds is 7. The standard InChI is InChI=1S/C13H18N2O4/c1-3-5-10(12(16)17)15-11-7-6-9(8-14-11)13(18)19-4-2/h6-8,10H,3-5H2,1-2H3,(H,14,15)(H,16,17).